The van der Waals surface area contributed by atoms with Crippen molar-refractivity contribution in [2.75, 3.05) is 0 Å². The van der Waals surface area contributed by atoms with Gasteiger partial charge in [0.05, 0.1) is 5.52 Å². The number of nitrogens with zero attached hydrogens (tertiary/aromatic N) is 1. The first-order valence-electron chi connectivity index (χ1n) is 4.95. The van der Waals surface area contributed by atoms with Crippen LogP contribution in [0.15, 0.2) is 23.0 Å². The van der Waals surface area contributed by atoms with Crippen LogP contribution >= 0.6 is 0 Å². The molecule has 4 heteroatoms. The summed E-state index contributed by atoms with van der Waals surface area (Å²) in [5.41, 5.74) is 0.787. The molecule has 0 bridgehead atoms. The summed E-state index contributed by atoms with van der Waals surface area (Å²) < 4.78 is 0. The maximum atomic E-state index is 11.4. The predicted octanol–water partition coefficient (Wildman–Crippen LogP) is 1.67. The Morgan fingerprint density at radius 1 is 1.50 bits per heavy atom. The number of hydrogen-bond acceptors (Lipinski definition) is 3. The molecule has 0 amide bonds. The zero-order valence-electron chi connectivity index (χ0n) is 8.74. The van der Waals surface area contributed by atoms with E-state index in [1.54, 1.807) is 18.2 Å². The zero-order valence-corrected chi connectivity index (χ0v) is 8.74. The van der Waals surface area contributed by atoms with Crippen molar-refractivity contribution in [1.29, 1.82) is 5.26 Å². The van der Waals surface area contributed by atoms with E-state index >= 15 is 0 Å². The summed E-state index contributed by atoms with van der Waals surface area (Å²) in [5.74, 6) is -0.239. The molecule has 0 aliphatic heterocycles. The minimum absolute atomic E-state index is 0.235. The predicted molar refractivity (Wildman–Crippen MR) is 60.3 cm³/mol. The second kappa shape index (κ2) is 3.70. The molecule has 2 rings (SSSR count). The average Bonchev–Trinajstić information content (AvgIpc) is 2.29. The molecular weight excluding hydrogens is 204 g/mol. The van der Waals surface area contributed by atoms with E-state index in [1.165, 1.54) is 0 Å². The average molecular weight is 214 g/mol. The summed E-state index contributed by atoms with van der Waals surface area (Å²) in [6.45, 7) is 2.00. The van der Waals surface area contributed by atoms with Crippen LogP contribution in [0.3, 0.4) is 0 Å². The number of aromatic nitrogens is 1. The van der Waals surface area contributed by atoms with Gasteiger partial charge in [0.1, 0.15) is 11.8 Å². The van der Waals surface area contributed by atoms with Crippen molar-refractivity contribution in [2.24, 2.45) is 0 Å². The molecule has 2 N–H and O–H groups in total. The number of nitriles is 1. The van der Waals surface area contributed by atoms with Crippen molar-refractivity contribution in [3.05, 3.63) is 39.7 Å². The van der Waals surface area contributed by atoms with Gasteiger partial charge in [-0.2, -0.15) is 5.26 Å². The van der Waals surface area contributed by atoms with Gasteiger partial charge in [-0.3, -0.25) is 4.79 Å². The van der Waals surface area contributed by atoms with Crippen LogP contribution in [0.2, 0.25) is 0 Å². The molecule has 16 heavy (non-hydrogen) atoms. The second-order valence-corrected chi connectivity index (χ2v) is 3.52. The summed E-state index contributed by atoms with van der Waals surface area (Å²) in [6, 6.07) is 7.09. The fourth-order valence-corrected chi connectivity index (χ4v) is 1.65. The van der Waals surface area contributed by atoms with Crippen molar-refractivity contribution in [3.63, 3.8) is 0 Å². The molecule has 0 fully saturated rings. The molecule has 0 saturated heterocycles. The third-order valence-corrected chi connectivity index (χ3v) is 2.57. The van der Waals surface area contributed by atoms with Crippen LogP contribution < -0.4 is 5.56 Å². The molecule has 0 spiro atoms. The largest absolute Gasteiger partial charge is 0.506 e. The Kier molecular flexibility index (Phi) is 2.37. The first-order valence-corrected chi connectivity index (χ1v) is 4.95. The quantitative estimate of drug-likeness (QED) is 0.758. The lowest BCUT2D eigenvalue weighted by Gasteiger charge is -2.04. The van der Waals surface area contributed by atoms with E-state index in [1.807, 2.05) is 13.0 Å². The van der Waals surface area contributed by atoms with Gasteiger partial charge in [0, 0.05) is 5.39 Å². The summed E-state index contributed by atoms with van der Waals surface area (Å²) in [5, 5.41) is 19.1. The number of fused-ring (bicyclic) bond motifs is 1. The third-order valence-electron chi connectivity index (χ3n) is 2.57. The van der Waals surface area contributed by atoms with Crippen LogP contribution in [0.25, 0.3) is 10.9 Å². The number of hydrogen-bond donors (Lipinski definition) is 2. The number of nitrogens with one attached hydrogen (secondary N) is 1. The van der Waals surface area contributed by atoms with Crippen molar-refractivity contribution >= 4 is 10.9 Å². The maximum Gasteiger partial charge on any atom is 0.270 e. The molecule has 1 heterocycles. The number of rotatable bonds is 1. The molecule has 0 atom stereocenters. The molecule has 1 aromatic heterocycles. The summed E-state index contributed by atoms with van der Waals surface area (Å²) >= 11 is 0. The Balaban J connectivity index is 2.90. The van der Waals surface area contributed by atoms with E-state index in [-0.39, 0.29) is 11.3 Å². The molecule has 1 aromatic carbocycles. The Hall–Kier alpha value is -2.28. The normalized spacial score (nSPS) is 10.2. The van der Waals surface area contributed by atoms with Gasteiger partial charge < -0.3 is 10.1 Å². The number of benzene rings is 1. The maximum absolute atomic E-state index is 11.4. The van der Waals surface area contributed by atoms with Crippen LogP contribution in [-0.4, -0.2) is 10.1 Å². The van der Waals surface area contributed by atoms with Gasteiger partial charge >= 0.3 is 0 Å². The van der Waals surface area contributed by atoms with E-state index < -0.39 is 5.56 Å². The van der Waals surface area contributed by atoms with Gasteiger partial charge in [-0.25, -0.2) is 0 Å². The van der Waals surface area contributed by atoms with Crippen molar-refractivity contribution < 1.29 is 5.11 Å². The van der Waals surface area contributed by atoms with Crippen LogP contribution in [0.5, 0.6) is 5.75 Å². The molecule has 4 nitrogen and oxygen atoms in total. The van der Waals surface area contributed by atoms with Crippen LogP contribution in [-0.2, 0) is 6.42 Å². The monoisotopic (exact) mass is 214 g/mol. The molecule has 0 aliphatic carbocycles. The molecule has 0 saturated carbocycles. The first kappa shape index (κ1) is 10.2. The van der Waals surface area contributed by atoms with Gasteiger partial charge in [-0.1, -0.05) is 13.0 Å². The molecule has 80 valence electrons. The smallest absolute Gasteiger partial charge is 0.270 e. The molecule has 0 aliphatic rings. The number of aromatic amines is 1. The highest BCUT2D eigenvalue weighted by Crippen LogP contribution is 2.25. The number of aryl methyl sites for hydroxylation is 1. The Morgan fingerprint density at radius 2 is 2.25 bits per heavy atom. The summed E-state index contributed by atoms with van der Waals surface area (Å²) in [4.78, 5) is 14.0. The van der Waals surface area contributed by atoms with E-state index in [9.17, 15) is 9.90 Å². The summed E-state index contributed by atoms with van der Waals surface area (Å²) in [6.07, 6.45) is 0.830. The lowest BCUT2D eigenvalue weighted by molar-refractivity contribution is 0.478. The van der Waals surface area contributed by atoms with E-state index in [4.69, 9.17) is 5.26 Å². The van der Waals surface area contributed by atoms with Gasteiger partial charge in [0.2, 0.25) is 0 Å². The third kappa shape index (κ3) is 1.43. The van der Waals surface area contributed by atoms with E-state index in [2.05, 4.69) is 4.98 Å². The number of pyridine rings is 1. The van der Waals surface area contributed by atoms with Gasteiger partial charge in [-0.05, 0) is 24.1 Å². The van der Waals surface area contributed by atoms with Crippen LogP contribution in [0.4, 0.5) is 0 Å². The van der Waals surface area contributed by atoms with Gasteiger partial charge in [-0.15, -0.1) is 0 Å². The second-order valence-electron chi connectivity index (χ2n) is 3.52. The fraction of sp³-hybridized carbons (Fsp3) is 0.167. The van der Waals surface area contributed by atoms with Crippen molar-refractivity contribution in [1.82, 2.24) is 4.98 Å². The number of aromatic hydroxyl groups is 1. The highest BCUT2D eigenvalue weighted by molar-refractivity contribution is 5.87. The Morgan fingerprint density at radius 3 is 2.88 bits per heavy atom. The molecule has 0 unspecified atom stereocenters. The highest BCUT2D eigenvalue weighted by atomic mass is 16.3. The van der Waals surface area contributed by atoms with Gasteiger partial charge in [0.25, 0.3) is 5.56 Å². The molecular formula is C12H10N2O2. The lowest BCUT2D eigenvalue weighted by Crippen LogP contribution is -2.10. The molecule has 0 radical (unpaired) electrons. The SMILES string of the molecule is CCc1ccc2[nH]c(=O)c(C#N)c(O)c2c1. The first-order chi connectivity index (χ1) is 7.67. The standard InChI is InChI=1S/C12H10N2O2/c1-2-7-3-4-10-8(5-7)11(15)9(6-13)12(16)14-10/h3-5H,2H2,1H3,(H2,14,15,16). The summed E-state index contributed by atoms with van der Waals surface area (Å²) in [7, 11) is 0. The topological polar surface area (TPSA) is 76.9 Å². The van der Waals surface area contributed by atoms with Crippen molar-refractivity contribution in [2.45, 2.75) is 13.3 Å². The van der Waals surface area contributed by atoms with Crippen LogP contribution in [0.1, 0.15) is 18.1 Å². The zero-order chi connectivity index (χ0) is 11.7. The highest BCUT2D eigenvalue weighted by Gasteiger charge is 2.11. The van der Waals surface area contributed by atoms with Gasteiger partial charge in [0.15, 0.2) is 5.56 Å². The fourth-order valence-electron chi connectivity index (χ4n) is 1.65. The Labute approximate surface area is 91.8 Å². The minimum Gasteiger partial charge on any atom is -0.506 e. The van der Waals surface area contributed by atoms with E-state index in [0.29, 0.717) is 10.9 Å². The Bertz CT molecular complexity index is 650. The minimum atomic E-state index is -0.559. The lowest BCUT2D eigenvalue weighted by atomic mass is 10.1. The van der Waals surface area contributed by atoms with Crippen LogP contribution in [0, 0.1) is 11.3 Å². The molecule has 2 aromatic rings. The van der Waals surface area contributed by atoms with E-state index in [0.717, 1.165) is 12.0 Å². The number of H-pyrrole nitrogens is 1. The van der Waals surface area contributed by atoms with Crippen molar-refractivity contribution in [3.8, 4) is 11.8 Å².